The average molecular weight is 358 g/mol. The lowest BCUT2D eigenvalue weighted by Crippen LogP contribution is -2.36. The molecule has 0 fully saturated rings. The standard InChI is InChI=1S/C17H14N2O7/c20-6-9-1-3-10(4-2-9)19-12-8-26-7-11(12)15(23)14(17(19)25)16(24)18-5-13(21)22/h1-4,6,23H,5,7-8H2,(H,18,24)(H,21,22). The Bertz CT molecular complexity index is 961. The minimum absolute atomic E-state index is 0.00702. The smallest absolute Gasteiger partial charge is 0.322 e. The van der Waals surface area contributed by atoms with Crippen molar-refractivity contribution >= 4 is 18.2 Å². The fraction of sp³-hybridized carbons (Fsp3) is 0.176. The highest BCUT2D eigenvalue weighted by Gasteiger charge is 2.29. The summed E-state index contributed by atoms with van der Waals surface area (Å²) in [6.45, 7) is -0.628. The molecule has 26 heavy (non-hydrogen) atoms. The van der Waals surface area contributed by atoms with E-state index in [2.05, 4.69) is 5.32 Å². The van der Waals surface area contributed by atoms with E-state index < -0.39 is 35.3 Å². The normalized spacial score (nSPS) is 12.5. The number of carbonyl (C=O) groups is 3. The van der Waals surface area contributed by atoms with Crippen LogP contribution in [0.15, 0.2) is 29.1 Å². The lowest BCUT2D eigenvalue weighted by molar-refractivity contribution is -0.135. The molecule has 0 spiro atoms. The molecule has 9 nitrogen and oxygen atoms in total. The number of carboxylic acids is 1. The van der Waals surface area contributed by atoms with E-state index >= 15 is 0 Å². The van der Waals surface area contributed by atoms with Crippen LogP contribution in [0.1, 0.15) is 32.0 Å². The first-order chi connectivity index (χ1) is 12.4. The zero-order chi connectivity index (χ0) is 18.8. The van der Waals surface area contributed by atoms with Gasteiger partial charge in [-0.25, -0.2) is 0 Å². The number of carboxylic acid groups (broad SMARTS) is 1. The fourth-order valence-corrected chi connectivity index (χ4v) is 2.74. The van der Waals surface area contributed by atoms with Gasteiger partial charge < -0.3 is 20.3 Å². The summed E-state index contributed by atoms with van der Waals surface area (Å²) in [7, 11) is 0. The van der Waals surface area contributed by atoms with Crippen molar-refractivity contribution in [1.29, 1.82) is 0 Å². The van der Waals surface area contributed by atoms with Crippen LogP contribution >= 0.6 is 0 Å². The quantitative estimate of drug-likeness (QED) is 0.650. The molecule has 134 valence electrons. The van der Waals surface area contributed by atoms with Gasteiger partial charge in [0.1, 0.15) is 24.1 Å². The molecule has 1 aromatic heterocycles. The largest absolute Gasteiger partial charge is 0.506 e. The molecule has 1 aliphatic heterocycles. The van der Waals surface area contributed by atoms with E-state index in [1.165, 1.54) is 28.8 Å². The molecule has 0 aliphatic carbocycles. The molecule has 3 N–H and O–H groups in total. The number of ether oxygens (including phenoxy) is 1. The lowest BCUT2D eigenvalue weighted by atomic mass is 10.1. The Kier molecular flexibility index (Phi) is 4.55. The van der Waals surface area contributed by atoms with Crippen LogP contribution in [0, 0.1) is 0 Å². The minimum Gasteiger partial charge on any atom is -0.506 e. The van der Waals surface area contributed by atoms with E-state index in [9.17, 15) is 24.3 Å². The van der Waals surface area contributed by atoms with Crippen molar-refractivity contribution < 1.29 is 29.3 Å². The van der Waals surface area contributed by atoms with Gasteiger partial charge in [-0.3, -0.25) is 23.7 Å². The Labute approximate surface area is 146 Å². The van der Waals surface area contributed by atoms with Crippen LogP contribution in [0.4, 0.5) is 0 Å². The molecule has 1 amide bonds. The Morgan fingerprint density at radius 1 is 1.23 bits per heavy atom. The van der Waals surface area contributed by atoms with Crippen molar-refractivity contribution in [1.82, 2.24) is 9.88 Å². The van der Waals surface area contributed by atoms with Crippen LogP contribution in [-0.4, -0.2) is 39.5 Å². The second kappa shape index (κ2) is 6.81. The van der Waals surface area contributed by atoms with E-state index in [1.54, 1.807) is 0 Å². The van der Waals surface area contributed by atoms with E-state index in [0.717, 1.165) is 0 Å². The molecule has 1 aliphatic rings. The number of amides is 1. The predicted molar refractivity (Wildman–Crippen MR) is 87.6 cm³/mol. The molecular formula is C17H14N2O7. The summed E-state index contributed by atoms with van der Waals surface area (Å²) in [6.07, 6.45) is 0.654. The molecular weight excluding hydrogens is 344 g/mol. The summed E-state index contributed by atoms with van der Waals surface area (Å²) in [6, 6.07) is 6.07. The Balaban J connectivity index is 2.18. The van der Waals surface area contributed by atoms with Crippen LogP contribution in [0.2, 0.25) is 0 Å². The van der Waals surface area contributed by atoms with Gasteiger partial charge in [-0.15, -0.1) is 0 Å². The van der Waals surface area contributed by atoms with Crippen LogP contribution in [0.3, 0.4) is 0 Å². The molecule has 0 unspecified atom stereocenters. The maximum Gasteiger partial charge on any atom is 0.322 e. The van der Waals surface area contributed by atoms with E-state index in [4.69, 9.17) is 9.84 Å². The van der Waals surface area contributed by atoms with E-state index in [1.807, 2.05) is 0 Å². The maximum absolute atomic E-state index is 12.9. The maximum atomic E-state index is 12.9. The number of rotatable bonds is 5. The molecule has 0 saturated carbocycles. The molecule has 2 aromatic rings. The fourth-order valence-electron chi connectivity index (χ4n) is 2.74. The van der Waals surface area contributed by atoms with Crippen LogP contribution in [-0.2, 0) is 22.7 Å². The number of benzene rings is 1. The van der Waals surface area contributed by atoms with Gasteiger partial charge in [0.25, 0.3) is 11.5 Å². The summed E-state index contributed by atoms with van der Waals surface area (Å²) < 4.78 is 6.50. The first-order valence-electron chi connectivity index (χ1n) is 7.57. The van der Waals surface area contributed by atoms with Gasteiger partial charge >= 0.3 is 5.97 Å². The van der Waals surface area contributed by atoms with Gasteiger partial charge in [0.15, 0.2) is 0 Å². The Hall–Kier alpha value is -3.46. The summed E-state index contributed by atoms with van der Waals surface area (Å²) >= 11 is 0. The lowest BCUT2D eigenvalue weighted by Gasteiger charge is -2.15. The summed E-state index contributed by atoms with van der Waals surface area (Å²) in [5, 5.41) is 21.1. The zero-order valence-corrected chi connectivity index (χ0v) is 13.4. The number of hydrogen-bond donors (Lipinski definition) is 3. The number of aliphatic carboxylic acids is 1. The molecule has 0 radical (unpaired) electrons. The van der Waals surface area contributed by atoms with Crippen LogP contribution in [0.5, 0.6) is 5.75 Å². The van der Waals surface area contributed by atoms with Crippen molar-refractivity contribution in [2.45, 2.75) is 13.2 Å². The topological polar surface area (TPSA) is 135 Å². The Morgan fingerprint density at radius 3 is 2.54 bits per heavy atom. The number of aldehydes is 1. The highest BCUT2D eigenvalue weighted by molar-refractivity contribution is 5.98. The monoisotopic (exact) mass is 358 g/mol. The van der Waals surface area contributed by atoms with E-state index in [0.29, 0.717) is 23.2 Å². The first-order valence-corrected chi connectivity index (χ1v) is 7.57. The molecule has 0 atom stereocenters. The second-order valence-electron chi connectivity index (χ2n) is 5.57. The second-order valence-corrected chi connectivity index (χ2v) is 5.57. The van der Waals surface area contributed by atoms with Gasteiger partial charge in [0.05, 0.1) is 18.9 Å². The number of aromatic nitrogens is 1. The highest BCUT2D eigenvalue weighted by Crippen LogP contribution is 2.31. The minimum atomic E-state index is -1.29. The summed E-state index contributed by atoms with van der Waals surface area (Å²) in [5.74, 6) is -2.80. The predicted octanol–water partition coefficient (Wildman–Crippen LogP) is 0.200. The molecule has 0 saturated heterocycles. The third kappa shape index (κ3) is 2.95. The molecule has 1 aromatic carbocycles. The van der Waals surface area contributed by atoms with Gasteiger partial charge in [-0.1, -0.05) is 0 Å². The number of carbonyl (C=O) groups excluding carboxylic acids is 2. The van der Waals surface area contributed by atoms with E-state index in [-0.39, 0.29) is 18.8 Å². The van der Waals surface area contributed by atoms with Crippen molar-refractivity contribution in [2.75, 3.05) is 6.54 Å². The number of aromatic hydroxyl groups is 1. The third-order valence-electron chi connectivity index (χ3n) is 3.96. The molecule has 3 rings (SSSR count). The van der Waals surface area contributed by atoms with Gasteiger partial charge in [0.2, 0.25) is 0 Å². The SMILES string of the molecule is O=Cc1ccc(-n2c3c(c(O)c(C(=O)NCC(=O)O)c2=O)COC3)cc1. The van der Waals surface area contributed by atoms with Crippen molar-refractivity contribution in [3.8, 4) is 11.4 Å². The van der Waals surface area contributed by atoms with Crippen molar-refractivity contribution in [2.24, 2.45) is 0 Å². The van der Waals surface area contributed by atoms with Crippen LogP contribution < -0.4 is 10.9 Å². The van der Waals surface area contributed by atoms with Crippen molar-refractivity contribution in [3.05, 3.63) is 57.0 Å². The number of fused-ring (bicyclic) bond motifs is 1. The first kappa shape index (κ1) is 17.4. The molecule has 9 heteroatoms. The number of nitrogens with zero attached hydrogens (tertiary/aromatic N) is 1. The zero-order valence-electron chi connectivity index (χ0n) is 13.4. The molecule has 0 bridgehead atoms. The Morgan fingerprint density at radius 2 is 1.92 bits per heavy atom. The molecule has 2 heterocycles. The third-order valence-corrected chi connectivity index (χ3v) is 3.96. The summed E-state index contributed by atoms with van der Waals surface area (Å²) in [5.41, 5.74) is 0.0941. The van der Waals surface area contributed by atoms with Gasteiger partial charge in [-0.2, -0.15) is 0 Å². The van der Waals surface area contributed by atoms with Gasteiger partial charge in [0, 0.05) is 16.8 Å². The number of nitrogens with one attached hydrogen (secondary N) is 1. The van der Waals surface area contributed by atoms with Crippen molar-refractivity contribution in [3.63, 3.8) is 0 Å². The number of pyridine rings is 1. The van der Waals surface area contributed by atoms with Crippen LogP contribution in [0.25, 0.3) is 5.69 Å². The highest BCUT2D eigenvalue weighted by atomic mass is 16.5. The number of hydrogen-bond acceptors (Lipinski definition) is 6. The average Bonchev–Trinajstić information content (AvgIpc) is 3.10. The van der Waals surface area contributed by atoms with Gasteiger partial charge in [-0.05, 0) is 24.3 Å². The summed E-state index contributed by atoms with van der Waals surface area (Å²) in [4.78, 5) is 46.5.